The standard InChI is InChI=1S/C18H25NO3S/c1-12-7-8-15-13(9-12)10-16(23-15)18(21)22-11-17(20)19-14-5-3-2-4-6-14/h10,12,14H,2-9,11H2,1H3,(H,19,20). The fourth-order valence-corrected chi connectivity index (χ4v) is 4.63. The average Bonchev–Trinajstić information content (AvgIpc) is 2.96. The zero-order valence-electron chi connectivity index (χ0n) is 13.7. The zero-order valence-corrected chi connectivity index (χ0v) is 14.5. The van der Waals surface area contributed by atoms with E-state index in [4.69, 9.17) is 4.74 Å². The van der Waals surface area contributed by atoms with Crippen molar-refractivity contribution < 1.29 is 14.3 Å². The fourth-order valence-electron chi connectivity index (χ4n) is 3.52. The molecule has 2 aliphatic rings. The summed E-state index contributed by atoms with van der Waals surface area (Å²) in [6, 6.07) is 2.21. The number of nitrogens with one attached hydrogen (secondary N) is 1. The molecule has 5 heteroatoms. The summed E-state index contributed by atoms with van der Waals surface area (Å²) < 4.78 is 5.20. The van der Waals surface area contributed by atoms with Crippen LogP contribution in [0.5, 0.6) is 0 Å². The third-order valence-electron chi connectivity index (χ3n) is 4.84. The van der Waals surface area contributed by atoms with Gasteiger partial charge in [-0.15, -0.1) is 11.3 Å². The lowest BCUT2D eigenvalue weighted by molar-refractivity contribution is -0.125. The summed E-state index contributed by atoms with van der Waals surface area (Å²) in [5, 5.41) is 2.97. The monoisotopic (exact) mass is 335 g/mol. The van der Waals surface area contributed by atoms with E-state index in [1.54, 1.807) is 0 Å². The molecule has 0 aliphatic heterocycles. The van der Waals surface area contributed by atoms with Crippen LogP contribution in [0.25, 0.3) is 0 Å². The molecule has 126 valence electrons. The molecule has 4 nitrogen and oxygen atoms in total. The second kappa shape index (κ2) is 7.47. The van der Waals surface area contributed by atoms with Crippen LogP contribution in [-0.2, 0) is 22.4 Å². The first-order valence-corrected chi connectivity index (χ1v) is 9.51. The van der Waals surface area contributed by atoms with E-state index in [2.05, 4.69) is 12.2 Å². The van der Waals surface area contributed by atoms with Crippen LogP contribution in [0.15, 0.2) is 6.07 Å². The van der Waals surface area contributed by atoms with Gasteiger partial charge in [0.05, 0.1) is 0 Å². The molecule has 0 bridgehead atoms. The maximum absolute atomic E-state index is 12.1. The third-order valence-corrected chi connectivity index (χ3v) is 6.05. The highest BCUT2D eigenvalue weighted by Gasteiger charge is 2.22. The molecule has 1 amide bonds. The third kappa shape index (κ3) is 4.34. The van der Waals surface area contributed by atoms with Gasteiger partial charge in [-0.25, -0.2) is 4.79 Å². The fraction of sp³-hybridized carbons (Fsp3) is 0.667. The van der Waals surface area contributed by atoms with Crippen LogP contribution >= 0.6 is 11.3 Å². The first-order valence-electron chi connectivity index (χ1n) is 8.70. The van der Waals surface area contributed by atoms with Gasteiger partial charge in [0.15, 0.2) is 6.61 Å². The Bertz CT molecular complexity index is 575. The van der Waals surface area contributed by atoms with E-state index < -0.39 is 0 Å². The molecule has 1 atom stereocenters. The van der Waals surface area contributed by atoms with Crippen molar-refractivity contribution >= 4 is 23.2 Å². The van der Waals surface area contributed by atoms with Crippen molar-refractivity contribution in [2.45, 2.75) is 64.3 Å². The summed E-state index contributed by atoms with van der Waals surface area (Å²) in [4.78, 5) is 26.0. The molecule has 1 N–H and O–H groups in total. The van der Waals surface area contributed by atoms with E-state index in [1.165, 1.54) is 47.5 Å². The van der Waals surface area contributed by atoms with Crippen molar-refractivity contribution in [3.8, 4) is 0 Å². The van der Waals surface area contributed by atoms with E-state index in [1.807, 2.05) is 6.07 Å². The number of hydrogen-bond donors (Lipinski definition) is 1. The molecular formula is C18H25NO3S. The van der Waals surface area contributed by atoms with E-state index in [-0.39, 0.29) is 24.5 Å². The lowest BCUT2D eigenvalue weighted by Crippen LogP contribution is -2.38. The van der Waals surface area contributed by atoms with E-state index >= 15 is 0 Å². The van der Waals surface area contributed by atoms with Gasteiger partial charge in [-0.1, -0.05) is 26.2 Å². The maximum atomic E-state index is 12.1. The molecule has 0 saturated heterocycles. The van der Waals surface area contributed by atoms with Crippen molar-refractivity contribution in [3.63, 3.8) is 0 Å². The summed E-state index contributed by atoms with van der Waals surface area (Å²) in [5.74, 6) is 0.137. The van der Waals surface area contributed by atoms with Crippen LogP contribution in [0.2, 0.25) is 0 Å². The van der Waals surface area contributed by atoms with Crippen LogP contribution < -0.4 is 5.32 Å². The number of rotatable bonds is 4. The zero-order chi connectivity index (χ0) is 16.2. The summed E-state index contributed by atoms with van der Waals surface area (Å²) in [6.45, 7) is 2.07. The van der Waals surface area contributed by atoms with Gasteiger partial charge in [-0.05, 0) is 49.7 Å². The van der Waals surface area contributed by atoms with Crippen LogP contribution in [0.3, 0.4) is 0 Å². The predicted octanol–water partition coefficient (Wildman–Crippen LogP) is 3.48. The molecule has 1 aromatic rings. The number of aryl methyl sites for hydroxylation is 1. The molecular weight excluding hydrogens is 310 g/mol. The van der Waals surface area contributed by atoms with Gasteiger partial charge in [0.2, 0.25) is 0 Å². The van der Waals surface area contributed by atoms with Crippen LogP contribution in [0.1, 0.15) is 65.6 Å². The molecule has 1 fully saturated rings. The van der Waals surface area contributed by atoms with Crippen molar-refractivity contribution in [1.29, 1.82) is 0 Å². The van der Waals surface area contributed by atoms with Gasteiger partial charge >= 0.3 is 5.97 Å². The molecule has 1 heterocycles. The normalized spacial score (nSPS) is 21.5. The predicted molar refractivity (Wildman–Crippen MR) is 90.8 cm³/mol. The van der Waals surface area contributed by atoms with Gasteiger partial charge < -0.3 is 10.1 Å². The largest absolute Gasteiger partial charge is 0.451 e. The van der Waals surface area contributed by atoms with Crippen molar-refractivity contribution in [3.05, 3.63) is 21.4 Å². The number of ether oxygens (including phenoxy) is 1. The van der Waals surface area contributed by atoms with Gasteiger partial charge in [0.25, 0.3) is 5.91 Å². The van der Waals surface area contributed by atoms with Crippen molar-refractivity contribution in [2.75, 3.05) is 6.61 Å². The Morgan fingerprint density at radius 1 is 1.26 bits per heavy atom. The number of fused-ring (bicyclic) bond motifs is 1. The molecule has 1 saturated carbocycles. The summed E-state index contributed by atoms with van der Waals surface area (Å²) in [5.41, 5.74) is 1.28. The minimum absolute atomic E-state index is 0.172. The SMILES string of the molecule is CC1CCc2sc(C(=O)OCC(=O)NC3CCCCC3)cc2C1. The molecule has 1 unspecified atom stereocenters. The van der Waals surface area contributed by atoms with E-state index in [0.29, 0.717) is 10.8 Å². The Labute approximate surface area is 141 Å². The van der Waals surface area contributed by atoms with Gasteiger partial charge in [-0.3, -0.25) is 4.79 Å². The van der Waals surface area contributed by atoms with E-state index in [9.17, 15) is 9.59 Å². The molecule has 23 heavy (non-hydrogen) atoms. The second-order valence-electron chi connectivity index (χ2n) is 6.89. The van der Waals surface area contributed by atoms with Crippen molar-refractivity contribution in [1.82, 2.24) is 5.32 Å². The Morgan fingerprint density at radius 3 is 2.83 bits per heavy atom. The molecule has 0 spiro atoms. The lowest BCUT2D eigenvalue weighted by Gasteiger charge is -2.22. The Morgan fingerprint density at radius 2 is 2.04 bits per heavy atom. The Hall–Kier alpha value is -1.36. The summed E-state index contributed by atoms with van der Waals surface area (Å²) >= 11 is 1.53. The number of carbonyl (C=O) groups excluding carboxylic acids is 2. The number of carbonyl (C=O) groups is 2. The Kier molecular flexibility index (Phi) is 5.36. The quantitative estimate of drug-likeness (QED) is 0.857. The maximum Gasteiger partial charge on any atom is 0.348 e. The number of esters is 1. The van der Waals surface area contributed by atoms with Crippen LogP contribution in [0.4, 0.5) is 0 Å². The molecule has 0 radical (unpaired) electrons. The minimum atomic E-state index is -0.365. The number of thiophene rings is 1. The first kappa shape index (κ1) is 16.5. The molecule has 0 aromatic carbocycles. The van der Waals surface area contributed by atoms with Crippen LogP contribution in [-0.4, -0.2) is 24.5 Å². The van der Waals surface area contributed by atoms with Gasteiger partial charge in [0, 0.05) is 10.9 Å². The molecule has 1 aromatic heterocycles. The Balaban J connectivity index is 1.48. The number of hydrogen-bond acceptors (Lipinski definition) is 4. The average molecular weight is 335 g/mol. The minimum Gasteiger partial charge on any atom is -0.451 e. The van der Waals surface area contributed by atoms with E-state index in [0.717, 1.165) is 25.7 Å². The molecule has 2 aliphatic carbocycles. The summed E-state index contributed by atoms with van der Waals surface area (Å²) in [7, 11) is 0. The van der Waals surface area contributed by atoms with Crippen molar-refractivity contribution in [2.24, 2.45) is 5.92 Å². The topological polar surface area (TPSA) is 55.4 Å². The molecule has 3 rings (SSSR count). The highest BCUT2D eigenvalue weighted by Crippen LogP contribution is 2.32. The highest BCUT2D eigenvalue weighted by molar-refractivity contribution is 7.14. The van der Waals surface area contributed by atoms with Crippen LogP contribution in [0, 0.1) is 5.92 Å². The smallest absolute Gasteiger partial charge is 0.348 e. The summed E-state index contributed by atoms with van der Waals surface area (Å²) in [6.07, 6.45) is 8.95. The van der Waals surface area contributed by atoms with Gasteiger partial charge in [-0.2, -0.15) is 0 Å². The highest BCUT2D eigenvalue weighted by atomic mass is 32.1. The lowest BCUT2D eigenvalue weighted by atomic mass is 9.90. The first-order chi connectivity index (χ1) is 11.1. The van der Waals surface area contributed by atoms with Gasteiger partial charge in [0.1, 0.15) is 4.88 Å². The second-order valence-corrected chi connectivity index (χ2v) is 8.02. The number of amides is 1.